The molecule has 0 atom stereocenters. The number of rotatable bonds is 3. The third-order valence-electron chi connectivity index (χ3n) is 2.84. The summed E-state index contributed by atoms with van der Waals surface area (Å²) in [4.78, 5) is 0. The highest BCUT2D eigenvalue weighted by molar-refractivity contribution is 5.32. The van der Waals surface area contributed by atoms with Crippen molar-refractivity contribution in [3.8, 4) is 6.07 Å². The van der Waals surface area contributed by atoms with E-state index in [1.807, 2.05) is 13.8 Å². The maximum atomic E-state index is 13.0. The zero-order chi connectivity index (χ0) is 11.5. The second-order valence-electron chi connectivity index (χ2n) is 3.56. The normalized spacial score (nSPS) is 11.1. The van der Waals surface area contributed by atoms with Crippen molar-refractivity contribution < 1.29 is 8.78 Å². The van der Waals surface area contributed by atoms with Crippen LogP contribution in [0.3, 0.4) is 0 Å². The van der Waals surface area contributed by atoms with Crippen LogP contribution in [0.1, 0.15) is 32.3 Å². The van der Waals surface area contributed by atoms with Gasteiger partial charge in [-0.2, -0.15) is 5.26 Å². The Hall–Kier alpha value is -1.43. The van der Waals surface area contributed by atoms with Crippen molar-refractivity contribution in [1.82, 2.24) is 0 Å². The van der Waals surface area contributed by atoms with E-state index in [9.17, 15) is 8.78 Å². The molecule has 0 aliphatic carbocycles. The summed E-state index contributed by atoms with van der Waals surface area (Å²) in [7, 11) is 0. The van der Waals surface area contributed by atoms with Gasteiger partial charge in [-0.1, -0.05) is 13.8 Å². The van der Waals surface area contributed by atoms with E-state index < -0.39 is 17.0 Å². The monoisotopic (exact) mass is 209 g/mol. The maximum Gasteiger partial charge on any atom is 0.126 e. The lowest BCUT2D eigenvalue weighted by atomic mass is 9.77. The van der Waals surface area contributed by atoms with Gasteiger partial charge in [0.25, 0.3) is 0 Å². The van der Waals surface area contributed by atoms with Gasteiger partial charge in [0.2, 0.25) is 0 Å². The second kappa shape index (κ2) is 4.39. The van der Waals surface area contributed by atoms with E-state index in [0.29, 0.717) is 18.4 Å². The van der Waals surface area contributed by atoms with Gasteiger partial charge in [-0.3, -0.25) is 0 Å². The Morgan fingerprint density at radius 3 is 1.93 bits per heavy atom. The molecule has 1 nitrogen and oxygen atoms in total. The van der Waals surface area contributed by atoms with Crippen LogP contribution in [0.4, 0.5) is 8.78 Å². The molecular formula is C12H13F2N. The molecule has 1 aromatic rings. The molecule has 0 radical (unpaired) electrons. The van der Waals surface area contributed by atoms with E-state index in [-0.39, 0.29) is 0 Å². The van der Waals surface area contributed by atoms with Crippen LogP contribution < -0.4 is 0 Å². The summed E-state index contributed by atoms with van der Waals surface area (Å²) >= 11 is 0. The first-order chi connectivity index (χ1) is 7.07. The van der Waals surface area contributed by atoms with Gasteiger partial charge in [-0.25, -0.2) is 8.78 Å². The van der Waals surface area contributed by atoms with Gasteiger partial charge in [-0.15, -0.1) is 0 Å². The smallest absolute Gasteiger partial charge is 0.126 e. The molecule has 0 N–H and O–H groups in total. The molecule has 0 saturated carbocycles. The zero-order valence-corrected chi connectivity index (χ0v) is 8.85. The molecular weight excluding hydrogens is 196 g/mol. The van der Waals surface area contributed by atoms with Crippen molar-refractivity contribution in [2.24, 2.45) is 0 Å². The molecule has 1 rings (SSSR count). The predicted molar refractivity (Wildman–Crippen MR) is 54.2 cm³/mol. The molecule has 0 fully saturated rings. The Bertz CT molecular complexity index is 369. The summed E-state index contributed by atoms with van der Waals surface area (Å²) in [6, 6.07) is 5.44. The Morgan fingerprint density at radius 2 is 1.60 bits per heavy atom. The topological polar surface area (TPSA) is 23.8 Å². The van der Waals surface area contributed by atoms with Crippen molar-refractivity contribution >= 4 is 0 Å². The Morgan fingerprint density at radius 1 is 1.13 bits per heavy atom. The van der Waals surface area contributed by atoms with E-state index in [4.69, 9.17) is 5.26 Å². The minimum atomic E-state index is -0.775. The molecule has 0 bridgehead atoms. The minimum Gasteiger partial charge on any atom is -0.207 e. The summed E-state index contributed by atoms with van der Waals surface area (Å²) in [6.45, 7) is 3.69. The first-order valence-corrected chi connectivity index (χ1v) is 4.95. The van der Waals surface area contributed by atoms with Crippen LogP contribution in [0.25, 0.3) is 0 Å². The highest BCUT2D eigenvalue weighted by atomic mass is 19.1. The van der Waals surface area contributed by atoms with Gasteiger partial charge in [-0.05, 0) is 30.5 Å². The fraction of sp³-hybridized carbons (Fsp3) is 0.417. The standard InChI is InChI=1S/C12H13F2N/c1-3-12(4-2,8-15)9-5-10(13)7-11(14)6-9/h5-7H,3-4H2,1-2H3. The van der Waals surface area contributed by atoms with Crippen molar-refractivity contribution in [2.75, 3.05) is 0 Å². The molecule has 0 aliphatic heterocycles. The van der Waals surface area contributed by atoms with Crippen LogP contribution >= 0.6 is 0 Å². The average molecular weight is 209 g/mol. The summed E-state index contributed by atoms with van der Waals surface area (Å²) < 4.78 is 26.0. The molecule has 0 amide bonds. The van der Waals surface area contributed by atoms with Crippen molar-refractivity contribution in [3.63, 3.8) is 0 Å². The molecule has 0 unspecified atom stereocenters. The second-order valence-corrected chi connectivity index (χ2v) is 3.56. The SMILES string of the molecule is CCC(C#N)(CC)c1cc(F)cc(F)c1. The minimum absolute atomic E-state index is 0.424. The third-order valence-corrected chi connectivity index (χ3v) is 2.84. The molecule has 1 aromatic carbocycles. The van der Waals surface area contributed by atoms with Gasteiger partial charge in [0.1, 0.15) is 11.6 Å². The highest BCUT2D eigenvalue weighted by Gasteiger charge is 2.29. The van der Waals surface area contributed by atoms with Crippen LogP contribution in [0.5, 0.6) is 0 Å². The maximum absolute atomic E-state index is 13.0. The predicted octanol–water partition coefficient (Wildman–Crippen LogP) is 3.55. The fourth-order valence-electron chi connectivity index (χ4n) is 1.71. The van der Waals surface area contributed by atoms with E-state index in [1.54, 1.807) is 0 Å². The average Bonchev–Trinajstić information content (AvgIpc) is 2.20. The van der Waals surface area contributed by atoms with Crippen molar-refractivity contribution in [1.29, 1.82) is 5.26 Å². The van der Waals surface area contributed by atoms with Crippen LogP contribution in [-0.4, -0.2) is 0 Å². The van der Waals surface area contributed by atoms with E-state index in [0.717, 1.165) is 6.07 Å². The quantitative estimate of drug-likeness (QED) is 0.746. The molecule has 15 heavy (non-hydrogen) atoms. The van der Waals surface area contributed by atoms with Gasteiger partial charge in [0, 0.05) is 6.07 Å². The largest absolute Gasteiger partial charge is 0.207 e. The number of benzene rings is 1. The van der Waals surface area contributed by atoms with Crippen LogP contribution in [-0.2, 0) is 5.41 Å². The molecule has 0 heterocycles. The summed E-state index contributed by atoms with van der Waals surface area (Å²) in [5.41, 5.74) is -0.351. The van der Waals surface area contributed by atoms with Gasteiger partial charge < -0.3 is 0 Å². The number of nitriles is 1. The van der Waals surface area contributed by atoms with Gasteiger partial charge >= 0.3 is 0 Å². The first-order valence-electron chi connectivity index (χ1n) is 4.95. The van der Waals surface area contributed by atoms with Crippen molar-refractivity contribution in [3.05, 3.63) is 35.4 Å². The van der Waals surface area contributed by atoms with Crippen molar-refractivity contribution in [2.45, 2.75) is 32.1 Å². The van der Waals surface area contributed by atoms with E-state index in [1.165, 1.54) is 12.1 Å². The first kappa shape index (κ1) is 11.6. The summed E-state index contributed by atoms with van der Waals surface area (Å²) in [5, 5.41) is 9.12. The van der Waals surface area contributed by atoms with E-state index >= 15 is 0 Å². The Labute approximate surface area is 88.3 Å². The molecule has 0 spiro atoms. The van der Waals surface area contributed by atoms with Gasteiger partial charge in [0.05, 0.1) is 11.5 Å². The van der Waals surface area contributed by atoms with Crippen LogP contribution in [0, 0.1) is 23.0 Å². The van der Waals surface area contributed by atoms with E-state index in [2.05, 4.69) is 6.07 Å². The lowest BCUT2D eigenvalue weighted by Crippen LogP contribution is -2.22. The Kier molecular flexibility index (Phi) is 3.41. The molecule has 80 valence electrons. The number of hydrogen-bond donors (Lipinski definition) is 0. The molecule has 0 aromatic heterocycles. The molecule has 0 saturated heterocycles. The third kappa shape index (κ3) is 2.15. The van der Waals surface area contributed by atoms with Crippen LogP contribution in [0.15, 0.2) is 18.2 Å². The lowest BCUT2D eigenvalue weighted by Gasteiger charge is -2.23. The highest BCUT2D eigenvalue weighted by Crippen LogP contribution is 2.31. The summed E-state index contributed by atoms with van der Waals surface area (Å²) in [5.74, 6) is -1.27. The number of halogens is 2. The lowest BCUT2D eigenvalue weighted by molar-refractivity contribution is 0.496. The zero-order valence-electron chi connectivity index (χ0n) is 8.85. The molecule has 0 aliphatic rings. The summed E-state index contributed by atoms with van der Waals surface area (Å²) in [6.07, 6.45) is 1.09. The van der Waals surface area contributed by atoms with Gasteiger partial charge in [0.15, 0.2) is 0 Å². The Balaban J connectivity index is 3.30. The van der Waals surface area contributed by atoms with Crippen LogP contribution in [0.2, 0.25) is 0 Å². The fourth-order valence-corrected chi connectivity index (χ4v) is 1.71. The number of hydrogen-bond acceptors (Lipinski definition) is 1. The number of nitrogens with zero attached hydrogens (tertiary/aromatic N) is 1. The molecule has 3 heteroatoms.